The van der Waals surface area contributed by atoms with Crippen LogP contribution < -0.4 is 11.1 Å². The first-order chi connectivity index (χ1) is 9.49. The van der Waals surface area contributed by atoms with Gasteiger partial charge in [-0.05, 0) is 6.07 Å². The number of rotatable bonds is 3. The molecule has 0 atom stereocenters. The number of anilines is 2. The first-order valence-electron chi connectivity index (χ1n) is 5.30. The molecule has 0 bridgehead atoms. The third-order valence-corrected chi connectivity index (χ3v) is 2.68. The summed E-state index contributed by atoms with van der Waals surface area (Å²) in [6.07, 6.45) is 4.18. The van der Waals surface area contributed by atoms with E-state index in [4.69, 9.17) is 17.3 Å². The van der Waals surface area contributed by atoms with E-state index in [9.17, 15) is 14.9 Å². The van der Waals surface area contributed by atoms with Crippen molar-refractivity contribution in [2.75, 3.05) is 11.1 Å². The van der Waals surface area contributed by atoms with Gasteiger partial charge in [0.25, 0.3) is 11.6 Å². The fraction of sp³-hybridized carbons (Fsp3) is 0. The van der Waals surface area contributed by atoms with Crippen LogP contribution in [-0.4, -0.2) is 20.8 Å². The molecule has 20 heavy (non-hydrogen) atoms. The van der Waals surface area contributed by atoms with Gasteiger partial charge in [0.2, 0.25) is 0 Å². The number of nitrogen functional groups attached to an aromatic ring is 1. The summed E-state index contributed by atoms with van der Waals surface area (Å²) < 4.78 is 0. The second kappa shape index (κ2) is 5.49. The quantitative estimate of drug-likeness (QED) is 0.505. The normalized spacial score (nSPS) is 10.1. The van der Waals surface area contributed by atoms with E-state index in [1.807, 2.05) is 0 Å². The van der Waals surface area contributed by atoms with Crippen molar-refractivity contribution in [3.05, 3.63) is 51.4 Å². The molecule has 2 rings (SSSR count). The topological polar surface area (TPSA) is 124 Å². The molecule has 102 valence electrons. The highest BCUT2D eigenvalue weighted by molar-refractivity contribution is 6.34. The van der Waals surface area contributed by atoms with Gasteiger partial charge < -0.3 is 11.1 Å². The number of aromatic nitrogens is 2. The molecular formula is C11H8ClN5O3. The van der Waals surface area contributed by atoms with E-state index in [1.54, 1.807) is 0 Å². The summed E-state index contributed by atoms with van der Waals surface area (Å²) in [5, 5.41) is 13.2. The van der Waals surface area contributed by atoms with Gasteiger partial charge in [-0.3, -0.25) is 19.9 Å². The Balaban J connectivity index is 2.33. The van der Waals surface area contributed by atoms with Crippen LogP contribution in [0.4, 0.5) is 17.2 Å². The Labute approximate surface area is 117 Å². The fourth-order valence-corrected chi connectivity index (χ4v) is 1.65. The minimum absolute atomic E-state index is 0.00144. The summed E-state index contributed by atoms with van der Waals surface area (Å²) in [5.74, 6) is -0.386. The van der Waals surface area contributed by atoms with Crippen LogP contribution in [0.2, 0.25) is 5.02 Å². The van der Waals surface area contributed by atoms with E-state index < -0.39 is 16.5 Å². The van der Waals surface area contributed by atoms with Crippen molar-refractivity contribution in [2.24, 2.45) is 0 Å². The van der Waals surface area contributed by atoms with Crippen molar-refractivity contribution in [3.63, 3.8) is 0 Å². The minimum atomic E-state index is -0.708. The molecule has 2 aromatic rings. The molecule has 1 aromatic carbocycles. The van der Waals surface area contributed by atoms with Crippen molar-refractivity contribution in [3.8, 4) is 0 Å². The molecule has 0 fully saturated rings. The first kappa shape index (κ1) is 13.7. The molecule has 0 aliphatic rings. The van der Waals surface area contributed by atoms with Crippen LogP contribution >= 0.6 is 11.6 Å². The number of halogens is 1. The number of nitro groups is 1. The van der Waals surface area contributed by atoms with Crippen molar-refractivity contribution in [2.45, 2.75) is 0 Å². The number of nitrogens with zero attached hydrogens (tertiary/aromatic N) is 3. The number of hydrogen-bond acceptors (Lipinski definition) is 6. The first-order valence-corrected chi connectivity index (χ1v) is 5.67. The number of carbonyl (C=O) groups excluding carboxylic acids is 1. The Morgan fingerprint density at radius 2 is 2.15 bits per heavy atom. The number of nitrogens with one attached hydrogen (secondary N) is 1. The summed E-state index contributed by atoms with van der Waals surface area (Å²) in [4.78, 5) is 29.7. The lowest BCUT2D eigenvalue weighted by molar-refractivity contribution is -0.383. The largest absolute Gasteiger partial charge is 0.392 e. The molecule has 0 saturated heterocycles. The van der Waals surface area contributed by atoms with Crippen molar-refractivity contribution < 1.29 is 9.72 Å². The van der Waals surface area contributed by atoms with Gasteiger partial charge in [-0.15, -0.1) is 0 Å². The van der Waals surface area contributed by atoms with Gasteiger partial charge in [-0.1, -0.05) is 11.6 Å². The number of hydrogen-bond donors (Lipinski definition) is 2. The van der Waals surface area contributed by atoms with Crippen molar-refractivity contribution in [1.82, 2.24) is 9.97 Å². The van der Waals surface area contributed by atoms with E-state index in [1.165, 1.54) is 24.7 Å². The zero-order valence-electron chi connectivity index (χ0n) is 9.91. The highest BCUT2D eigenvalue weighted by atomic mass is 35.5. The average Bonchev–Trinajstić information content (AvgIpc) is 2.42. The zero-order valence-corrected chi connectivity index (χ0v) is 10.7. The third-order valence-electron chi connectivity index (χ3n) is 2.37. The molecule has 9 heteroatoms. The van der Waals surface area contributed by atoms with Crippen LogP contribution in [0, 0.1) is 10.1 Å². The number of carbonyl (C=O) groups is 1. The summed E-state index contributed by atoms with van der Waals surface area (Å²) in [5.41, 5.74) is 4.86. The van der Waals surface area contributed by atoms with Gasteiger partial charge in [0.1, 0.15) is 5.69 Å². The van der Waals surface area contributed by atoms with Gasteiger partial charge in [0.15, 0.2) is 5.82 Å². The summed E-state index contributed by atoms with van der Waals surface area (Å²) in [6.45, 7) is 0. The Morgan fingerprint density at radius 3 is 2.75 bits per heavy atom. The van der Waals surface area contributed by atoms with Gasteiger partial charge in [0.05, 0.1) is 16.1 Å². The van der Waals surface area contributed by atoms with E-state index in [0.29, 0.717) is 0 Å². The average molecular weight is 294 g/mol. The summed E-state index contributed by atoms with van der Waals surface area (Å²) in [6, 6.07) is 2.29. The van der Waals surface area contributed by atoms with Crippen LogP contribution in [0.1, 0.15) is 10.4 Å². The molecule has 0 aliphatic carbocycles. The van der Waals surface area contributed by atoms with Crippen LogP contribution in [0.5, 0.6) is 0 Å². The zero-order chi connectivity index (χ0) is 14.7. The lowest BCUT2D eigenvalue weighted by Crippen LogP contribution is -2.14. The monoisotopic (exact) mass is 293 g/mol. The Hall–Kier alpha value is -2.74. The Morgan fingerprint density at radius 1 is 1.40 bits per heavy atom. The molecule has 0 spiro atoms. The van der Waals surface area contributed by atoms with Crippen LogP contribution in [0.15, 0.2) is 30.7 Å². The van der Waals surface area contributed by atoms with Crippen molar-refractivity contribution in [1.29, 1.82) is 0 Å². The molecular weight excluding hydrogens is 286 g/mol. The minimum Gasteiger partial charge on any atom is -0.392 e. The van der Waals surface area contributed by atoms with Crippen molar-refractivity contribution >= 4 is 34.7 Å². The SMILES string of the molecule is Nc1c(Cl)cc(C(=O)Nc2cnccn2)cc1[N+](=O)[O-]. The van der Waals surface area contributed by atoms with Crippen LogP contribution in [0.25, 0.3) is 0 Å². The van der Waals surface area contributed by atoms with E-state index in [0.717, 1.165) is 6.07 Å². The standard InChI is InChI=1S/C11H8ClN5O3/c12-7-3-6(4-8(10(7)13)17(19)20)11(18)16-9-5-14-1-2-15-9/h1-5H,13H2,(H,15,16,18). The predicted molar refractivity (Wildman–Crippen MR) is 72.5 cm³/mol. The number of benzene rings is 1. The molecule has 0 radical (unpaired) electrons. The summed E-state index contributed by atoms with van der Waals surface area (Å²) >= 11 is 5.77. The Kier molecular flexibility index (Phi) is 3.76. The number of nitrogens with two attached hydrogens (primary N) is 1. The fourth-order valence-electron chi connectivity index (χ4n) is 1.44. The van der Waals surface area contributed by atoms with E-state index in [-0.39, 0.29) is 22.1 Å². The third kappa shape index (κ3) is 2.81. The van der Waals surface area contributed by atoms with Gasteiger partial charge in [-0.25, -0.2) is 4.98 Å². The second-order valence-corrected chi connectivity index (χ2v) is 4.10. The van der Waals surface area contributed by atoms with Crippen LogP contribution in [-0.2, 0) is 0 Å². The lowest BCUT2D eigenvalue weighted by atomic mass is 10.1. The highest BCUT2D eigenvalue weighted by Gasteiger charge is 2.19. The smallest absolute Gasteiger partial charge is 0.294 e. The van der Waals surface area contributed by atoms with Gasteiger partial charge in [-0.2, -0.15) is 0 Å². The molecule has 1 aromatic heterocycles. The molecule has 3 N–H and O–H groups in total. The molecule has 0 aliphatic heterocycles. The molecule has 1 amide bonds. The van der Waals surface area contributed by atoms with Crippen LogP contribution in [0.3, 0.4) is 0 Å². The molecule has 1 heterocycles. The van der Waals surface area contributed by atoms with E-state index >= 15 is 0 Å². The second-order valence-electron chi connectivity index (χ2n) is 3.69. The highest BCUT2D eigenvalue weighted by Crippen LogP contribution is 2.31. The maximum atomic E-state index is 12.0. The maximum absolute atomic E-state index is 12.0. The maximum Gasteiger partial charge on any atom is 0.294 e. The van der Waals surface area contributed by atoms with E-state index in [2.05, 4.69) is 15.3 Å². The lowest BCUT2D eigenvalue weighted by Gasteiger charge is -2.06. The molecule has 0 unspecified atom stereocenters. The number of nitro benzene ring substituents is 1. The number of amides is 1. The summed E-state index contributed by atoms with van der Waals surface area (Å²) in [7, 11) is 0. The predicted octanol–water partition coefficient (Wildman–Crippen LogP) is 1.87. The molecule has 0 saturated carbocycles. The van der Waals surface area contributed by atoms with Gasteiger partial charge >= 0.3 is 0 Å². The Bertz CT molecular complexity index is 677. The molecule has 8 nitrogen and oxygen atoms in total. The van der Waals surface area contributed by atoms with Gasteiger partial charge in [0, 0.05) is 24.0 Å².